The molecule has 0 saturated carbocycles. The van der Waals surface area contributed by atoms with E-state index in [1.165, 1.54) is 11.8 Å². The molecule has 2 amide bonds. The van der Waals surface area contributed by atoms with E-state index in [0.29, 0.717) is 28.6 Å². The molecule has 0 bridgehead atoms. The Morgan fingerprint density at radius 3 is 2.31 bits per heavy atom. The molecule has 0 atom stereocenters. The lowest BCUT2D eigenvalue weighted by Gasteiger charge is -2.21. The molecule has 0 unspecified atom stereocenters. The van der Waals surface area contributed by atoms with Gasteiger partial charge in [-0.05, 0) is 43.3 Å². The van der Waals surface area contributed by atoms with Crippen LogP contribution in [0, 0.1) is 0 Å². The molecule has 0 aliphatic carbocycles. The fraction of sp³-hybridized carbons (Fsp3) is 0.211. The van der Waals surface area contributed by atoms with Gasteiger partial charge >= 0.3 is 5.97 Å². The Morgan fingerprint density at radius 1 is 1.08 bits per heavy atom. The minimum absolute atomic E-state index is 0.182. The quantitative estimate of drug-likeness (QED) is 0.785. The van der Waals surface area contributed by atoms with Gasteiger partial charge in [0.1, 0.15) is 6.54 Å². The Bertz CT molecular complexity index is 805. The minimum Gasteiger partial charge on any atom is -0.462 e. The predicted molar refractivity (Wildman–Crippen MR) is 101 cm³/mol. The summed E-state index contributed by atoms with van der Waals surface area (Å²) in [7, 11) is 0. The van der Waals surface area contributed by atoms with Crippen LogP contribution in [0.3, 0.4) is 0 Å². The largest absolute Gasteiger partial charge is 0.462 e. The lowest BCUT2D eigenvalue weighted by Crippen LogP contribution is -2.36. The van der Waals surface area contributed by atoms with Gasteiger partial charge in [-0.2, -0.15) is 0 Å². The number of carbonyl (C=O) groups is 3. The number of rotatable bonds is 6. The Labute approximate surface area is 156 Å². The van der Waals surface area contributed by atoms with Crippen LogP contribution in [0.5, 0.6) is 0 Å². The number of halogens is 1. The zero-order valence-electron chi connectivity index (χ0n) is 14.5. The number of anilines is 2. The van der Waals surface area contributed by atoms with Gasteiger partial charge in [0.05, 0.1) is 22.9 Å². The Morgan fingerprint density at radius 2 is 1.73 bits per heavy atom. The monoisotopic (exact) mass is 374 g/mol. The number of amides is 2. The number of para-hydroxylation sites is 1. The number of ether oxygens (including phenoxy) is 1. The lowest BCUT2D eigenvalue weighted by atomic mass is 10.2. The first-order valence-corrected chi connectivity index (χ1v) is 8.39. The molecule has 1 N–H and O–H groups in total. The summed E-state index contributed by atoms with van der Waals surface area (Å²) in [6.07, 6.45) is 0. The molecule has 0 aliphatic heterocycles. The molecule has 2 rings (SSSR count). The third-order valence-corrected chi connectivity index (χ3v) is 3.82. The fourth-order valence-electron chi connectivity index (χ4n) is 2.28. The maximum absolute atomic E-state index is 12.3. The van der Waals surface area contributed by atoms with Crippen LogP contribution < -0.4 is 10.2 Å². The predicted octanol–water partition coefficient (Wildman–Crippen LogP) is 3.51. The summed E-state index contributed by atoms with van der Waals surface area (Å²) in [5.41, 5.74) is 1.37. The molecule has 7 heteroatoms. The van der Waals surface area contributed by atoms with Crippen molar-refractivity contribution in [3.05, 3.63) is 59.1 Å². The maximum Gasteiger partial charge on any atom is 0.338 e. The number of nitrogens with zero attached hydrogens (tertiary/aromatic N) is 1. The maximum atomic E-state index is 12.3. The fourth-order valence-corrected chi connectivity index (χ4v) is 2.52. The Balaban J connectivity index is 2.06. The zero-order chi connectivity index (χ0) is 19.1. The van der Waals surface area contributed by atoms with Gasteiger partial charge in [-0.15, -0.1) is 0 Å². The van der Waals surface area contributed by atoms with E-state index in [4.69, 9.17) is 16.3 Å². The molecular formula is C19H19ClN2O4. The highest BCUT2D eigenvalue weighted by Gasteiger charge is 2.18. The van der Waals surface area contributed by atoms with Gasteiger partial charge in [-0.25, -0.2) is 4.79 Å². The van der Waals surface area contributed by atoms with E-state index in [2.05, 4.69) is 5.32 Å². The number of hydrogen-bond donors (Lipinski definition) is 1. The molecule has 0 aliphatic rings. The molecule has 2 aromatic carbocycles. The zero-order valence-corrected chi connectivity index (χ0v) is 15.2. The van der Waals surface area contributed by atoms with Crippen molar-refractivity contribution in [2.45, 2.75) is 13.8 Å². The first-order chi connectivity index (χ1) is 12.4. The van der Waals surface area contributed by atoms with E-state index in [9.17, 15) is 14.4 Å². The van der Waals surface area contributed by atoms with Crippen molar-refractivity contribution in [3.8, 4) is 0 Å². The number of benzene rings is 2. The van der Waals surface area contributed by atoms with E-state index in [1.54, 1.807) is 55.5 Å². The average Bonchev–Trinajstić information content (AvgIpc) is 2.61. The first-order valence-electron chi connectivity index (χ1n) is 8.02. The minimum atomic E-state index is -0.424. The molecule has 0 radical (unpaired) electrons. The van der Waals surface area contributed by atoms with Crippen LogP contribution in [0.4, 0.5) is 11.4 Å². The number of esters is 1. The van der Waals surface area contributed by atoms with Crippen molar-refractivity contribution in [3.63, 3.8) is 0 Å². The molecule has 2 aromatic rings. The summed E-state index contributed by atoms with van der Waals surface area (Å²) < 4.78 is 4.91. The molecule has 136 valence electrons. The Kier molecular flexibility index (Phi) is 6.74. The molecule has 0 saturated heterocycles. The van der Waals surface area contributed by atoms with Gasteiger partial charge in [0.15, 0.2) is 0 Å². The van der Waals surface area contributed by atoms with Crippen LogP contribution in [-0.4, -0.2) is 30.9 Å². The van der Waals surface area contributed by atoms with Crippen LogP contribution in [-0.2, 0) is 14.3 Å². The van der Waals surface area contributed by atoms with Crippen molar-refractivity contribution in [2.24, 2.45) is 0 Å². The molecule has 0 heterocycles. The third kappa shape index (κ3) is 5.07. The lowest BCUT2D eigenvalue weighted by molar-refractivity contribution is -0.120. The number of carbonyl (C=O) groups excluding carboxylic acids is 3. The van der Waals surface area contributed by atoms with Crippen molar-refractivity contribution in [2.75, 3.05) is 23.4 Å². The second kappa shape index (κ2) is 9.01. The van der Waals surface area contributed by atoms with Crippen molar-refractivity contribution >= 4 is 40.8 Å². The summed E-state index contributed by atoms with van der Waals surface area (Å²) in [6, 6.07) is 13.1. The van der Waals surface area contributed by atoms with E-state index in [1.807, 2.05) is 0 Å². The van der Waals surface area contributed by atoms with E-state index in [0.717, 1.165) is 0 Å². The van der Waals surface area contributed by atoms with Gasteiger partial charge in [0.2, 0.25) is 11.8 Å². The summed E-state index contributed by atoms with van der Waals surface area (Å²) in [5, 5.41) is 3.07. The smallest absolute Gasteiger partial charge is 0.338 e. The highest BCUT2D eigenvalue weighted by Crippen LogP contribution is 2.25. The van der Waals surface area contributed by atoms with Gasteiger partial charge in [0, 0.05) is 12.6 Å². The van der Waals surface area contributed by atoms with Gasteiger partial charge in [-0.3, -0.25) is 9.59 Å². The summed E-state index contributed by atoms with van der Waals surface area (Å²) in [5.74, 6) is -1.11. The second-order valence-corrected chi connectivity index (χ2v) is 5.81. The highest BCUT2D eigenvalue weighted by atomic mass is 35.5. The Hall–Kier alpha value is -2.86. The van der Waals surface area contributed by atoms with Crippen LogP contribution in [0.2, 0.25) is 5.02 Å². The van der Waals surface area contributed by atoms with E-state index < -0.39 is 5.97 Å². The number of hydrogen-bond acceptors (Lipinski definition) is 4. The van der Waals surface area contributed by atoms with Crippen molar-refractivity contribution in [1.82, 2.24) is 0 Å². The van der Waals surface area contributed by atoms with Crippen LogP contribution >= 0.6 is 11.6 Å². The number of nitrogens with one attached hydrogen (secondary N) is 1. The van der Waals surface area contributed by atoms with Crippen LogP contribution in [0.25, 0.3) is 0 Å². The standard InChI is InChI=1S/C19H19ClN2O4/c1-3-26-19(25)14-8-10-15(11-9-14)21-18(24)12-22(13(2)23)17-7-5-4-6-16(17)20/h4-11H,3,12H2,1-2H3,(H,21,24). The third-order valence-electron chi connectivity index (χ3n) is 3.50. The van der Waals surface area contributed by atoms with Crippen LogP contribution in [0.1, 0.15) is 24.2 Å². The summed E-state index contributed by atoms with van der Waals surface area (Å²) >= 11 is 6.11. The summed E-state index contributed by atoms with van der Waals surface area (Å²) in [4.78, 5) is 37.1. The van der Waals surface area contributed by atoms with Gasteiger partial charge in [0.25, 0.3) is 0 Å². The molecule has 26 heavy (non-hydrogen) atoms. The van der Waals surface area contributed by atoms with Crippen molar-refractivity contribution < 1.29 is 19.1 Å². The van der Waals surface area contributed by atoms with Crippen molar-refractivity contribution in [1.29, 1.82) is 0 Å². The SMILES string of the molecule is CCOC(=O)c1ccc(NC(=O)CN(C(C)=O)c2ccccc2Cl)cc1. The molecule has 0 fully saturated rings. The molecule has 0 aromatic heterocycles. The highest BCUT2D eigenvalue weighted by molar-refractivity contribution is 6.33. The first kappa shape index (κ1) is 19.5. The topological polar surface area (TPSA) is 75.7 Å². The molecule has 6 nitrogen and oxygen atoms in total. The normalized spacial score (nSPS) is 10.1. The summed E-state index contributed by atoms with van der Waals surface area (Å²) in [6.45, 7) is 3.20. The molecular weight excluding hydrogens is 356 g/mol. The average molecular weight is 375 g/mol. The van der Waals surface area contributed by atoms with E-state index in [-0.39, 0.29) is 18.4 Å². The van der Waals surface area contributed by atoms with E-state index >= 15 is 0 Å². The van der Waals surface area contributed by atoms with Gasteiger partial charge < -0.3 is 15.0 Å². The van der Waals surface area contributed by atoms with Crippen LogP contribution in [0.15, 0.2) is 48.5 Å². The molecule has 0 spiro atoms. The second-order valence-electron chi connectivity index (χ2n) is 5.40. The van der Waals surface area contributed by atoms with Gasteiger partial charge in [-0.1, -0.05) is 23.7 Å².